The minimum absolute atomic E-state index is 0.523. The first-order chi connectivity index (χ1) is 7.16. The lowest BCUT2D eigenvalue weighted by atomic mass is 10.3. The molecule has 0 aliphatic carbocycles. The van der Waals surface area contributed by atoms with Crippen LogP contribution in [0.3, 0.4) is 0 Å². The average molecular weight is 239 g/mol. The van der Waals surface area contributed by atoms with Gasteiger partial charge >= 0.3 is 0 Å². The van der Waals surface area contributed by atoms with Crippen molar-refractivity contribution in [2.75, 3.05) is 5.73 Å². The molecule has 5 nitrogen and oxygen atoms in total. The van der Waals surface area contributed by atoms with Gasteiger partial charge in [-0.1, -0.05) is 0 Å². The van der Waals surface area contributed by atoms with Crippen molar-refractivity contribution in [2.45, 2.75) is 23.2 Å². The number of rotatable bonds is 2. The van der Waals surface area contributed by atoms with Gasteiger partial charge in [0.25, 0.3) is 0 Å². The molecular weight excluding hydrogens is 230 g/mol. The second-order valence-corrected chi connectivity index (χ2v) is 4.91. The lowest BCUT2D eigenvalue weighted by Crippen LogP contribution is -2.01. The molecule has 7 heteroatoms. The Labute approximate surface area is 95.3 Å². The van der Waals surface area contributed by atoms with Crippen molar-refractivity contribution in [1.82, 2.24) is 19.3 Å². The molecule has 2 aromatic rings. The van der Waals surface area contributed by atoms with E-state index in [4.69, 9.17) is 5.73 Å². The van der Waals surface area contributed by atoms with Crippen LogP contribution in [-0.4, -0.2) is 19.3 Å². The van der Waals surface area contributed by atoms with E-state index >= 15 is 0 Å². The molecule has 78 valence electrons. The molecule has 15 heavy (non-hydrogen) atoms. The van der Waals surface area contributed by atoms with E-state index in [9.17, 15) is 0 Å². The largest absolute Gasteiger partial charge is 0.383 e. The quantitative estimate of drug-likeness (QED) is 0.803. The number of aromatic nitrogens is 4. The Balaban J connectivity index is 2.36. The number of nitrogens with two attached hydrogens (primary N) is 1. The molecule has 0 saturated heterocycles. The minimum Gasteiger partial charge on any atom is -0.383 e. The second kappa shape index (κ2) is 4.11. The van der Waals surface area contributed by atoms with Gasteiger partial charge in [-0.3, -0.25) is 0 Å². The van der Waals surface area contributed by atoms with Crippen molar-refractivity contribution in [3.8, 4) is 0 Å². The van der Waals surface area contributed by atoms with Gasteiger partial charge in [0.1, 0.15) is 23.0 Å². The second-order valence-electron chi connectivity index (χ2n) is 2.90. The number of anilines is 1. The van der Waals surface area contributed by atoms with Gasteiger partial charge < -0.3 is 5.73 Å². The van der Waals surface area contributed by atoms with Gasteiger partial charge in [0.05, 0.1) is 0 Å². The van der Waals surface area contributed by atoms with Gasteiger partial charge in [0.15, 0.2) is 4.34 Å². The zero-order chi connectivity index (χ0) is 10.8. The van der Waals surface area contributed by atoms with Crippen LogP contribution >= 0.6 is 23.3 Å². The van der Waals surface area contributed by atoms with E-state index in [0.29, 0.717) is 11.6 Å². The molecule has 2 heterocycles. The van der Waals surface area contributed by atoms with Gasteiger partial charge in [0, 0.05) is 5.56 Å². The Bertz CT molecular complexity index is 468. The average Bonchev–Trinajstić information content (AvgIpc) is 2.66. The van der Waals surface area contributed by atoms with Crippen molar-refractivity contribution >= 4 is 29.1 Å². The van der Waals surface area contributed by atoms with E-state index in [1.807, 2.05) is 13.8 Å². The Morgan fingerprint density at radius 2 is 2.13 bits per heavy atom. The van der Waals surface area contributed by atoms with Gasteiger partial charge in [-0.05, 0) is 37.1 Å². The molecule has 0 amide bonds. The molecule has 2 rings (SSSR count). The van der Waals surface area contributed by atoms with E-state index < -0.39 is 0 Å². The zero-order valence-electron chi connectivity index (χ0n) is 8.26. The van der Waals surface area contributed by atoms with Gasteiger partial charge in [-0.25, -0.2) is 15.0 Å². The third kappa shape index (κ3) is 2.24. The van der Waals surface area contributed by atoms with Crippen molar-refractivity contribution in [3.63, 3.8) is 0 Å². The van der Waals surface area contributed by atoms with Gasteiger partial charge in [-0.15, -0.1) is 0 Å². The minimum atomic E-state index is 0.523. The molecule has 0 aromatic carbocycles. The normalized spacial score (nSPS) is 10.5. The van der Waals surface area contributed by atoms with E-state index in [1.165, 1.54) is 29.6 Å². The molecule has 0 aliphatic heterocycles. The molecule has 2 aromatic heterocycles. The SMILES string of the molecule is Cc1nc(N)c(C)c(Sc2ncns2)n1. The van der Waals surface area contributed by atoms with Crippen LogP contribution in [0.2, 0.25) is 0 Å². The van der Waals surface area contributed by atoms with Gasteiger partial charge in [-0.2, -0.15) is 4.37 Å². The van der Waals surface area contributed by atoms with Crippen LogP contribution in [0.1, 0.15) is 11.4 Å². The Morgan fingerprint density at radius 1 is 1.33 bits per heavy atom. The standard InChI is InChI=1S/C8H9N5S2/c1-4-6(9)12-5(2)13-7(4)14-8-10-3-11-15-8/h3H,1-2H3,(H2,9,12,13). The Morgan fingerprint density at radius 3 is 2.80 bits per heavy atom. The molecule has 2 N–H and O–H groups in total. The summed E-state index contributed by atoms with van der Waals surface area (Å²) in [6, 6.07) is 0. The summed E-state index contributed by atoms with van der Waals surface area (Å²) in [6.45, 7) is 3.72. The smallest absolute Gasteiger partial charge is 0.176 e. The molecule has 0 atom stereocenters. The molecule has 0 radical (unpaired) electrons. The summed E-state index contributed by atoms with van der Waals surface area (Å²) in [5.41, 5.74) is 6.64. The summed E-state index contributed by atoms with van der Waals surface area (Å²) >= 11 is 2.80. The summed E-state index contributed by atoms with van der Waals surface area (Å²) in [5, 5.41) is 0.844. The van der Waals surface area contributed by atoms with E-state index in [1.54, 1.807) is 0 Å². The van der Waals surface area contributed by atoms with Crippen LogP contribution in [0, 0.1) is 13.8 Å². The topological polar surface area (TPSA) is 77.6 Å². The van der Waals surface area contributed by atoms with Crippen LogP contribution in [-0.2, 0) is 0 Å². The molecular formula is C8H9N5S2. The number of hydrogen-bond acceptors (Lipinski definition) is 7. The zero-order valence-corrected chi connectivity index (χ0v) is 9.89. The highest BCUT2D eigenvalue weighted by molar-refractivity contribution is 8.00. The third-order valence-electron chi connectivity index (χ3n) is 1.78. The molecule has 0 unspecified atom stereocenters. The maximum Gasteiger partial charge on any atom is 0.176 e. The highest BCUT2D eigenvalue weighted by atomic mass is 32.2. The first-order valence-electron chi connectivity index (χ1n) is 4.22. The van der Waals surface area contributed by atoms with E-state index in [0.717, 1.165) is 14.9 Å². The first kappa shape index (κ1) is 10.3. The lowest BCUT2D eigenvalue weighted by Gasteiger charge is -2.05. The van der Waals surface area contributed by atoms with Crippen LogP contribution in [0.4, 0.5) is 5.82 Å². The fourth-order valence-electron chi connectivity index (χ4n) is 1.01. The summed E-state index contributed by atoms with van der Waals surface area (Å²) in [4.78, 5) is 12.5. The number of hydrogen-bond donors (Lipinski definition) is 1. The molecule has 0 aliphatic rings. The number of nitrogens with zero attached hydrogens (tertiary/aromatic N) is 4. The van der Waals surface area contributed by atoms with Crippen molar-refractivity contribution in [1.29, 1.82) is 0 Å². The molecule has 0 bridgehead atoms. The molecule has 0 fully saturated rings. The van der Waals surface area contributed by atoms with E-state index in [2.05, 4.69) is 19.3 Å². The Hall–Kier alpha value is -1.21. The lowest BCUT2D eigenvalue weighted by molar-refractivity contribution is 0.946. The van der Waals surface area contributed by atoms with Gasteiger partial charge in [0.2, 0.25) is 0 Å². The fraction of sp³-hybridized carbons (Fsp3) is 0.250. The van der Waals surface area contributed by atoms with Crippen LogP contribution in [0.5, 0.6) is 0 Å². The van der Waals surface area contributed by atoms with Crippen LogP contribution in [0.15, 0.2) is 15.7 Å². The van der Waals surface area contributed by atoms with Crippen molar-refractivity contribution in [3.05, 3.63) is 17.7 Å². The predicted molar refractivity (Wildman–Crippen MR) is 60.0 cm³/mol. The first-order valence-corrected chi connectivity index (χ1v) is 5.81. The molecule has 0 spiro atoms. The summed E-state index contributed by atoms with van der Waals surface area (Å²) in [7, 11) is 0. The highest BCUT2D eigenvalue weighted by Gasteiger charge is 2.09. The maximum absolute atomic E-state index is 5.75. The summed E-state index contributed by atoms with van der Waals surface area (Å²) in [5.74, 6) is 1.19. The number of aryl methyl sites for hydroxylation is 1. The monoisotopic (exact) mass is 239 g/mol. The predicted octanol–water partition coefficient (Wildman–Crippen LogP) is 1.68. The maximum atomic E-state index is 5.75. The van der Waals surface area contributed by atoms with Crippen molar-refractivity contribution in [2.24, 2.45) is 0 Å². The summed E-state index contributed by atoms with van der Waals surface area (Å²) in [6.07, 6.45) is 1.53. The molecule has 0 saturated carbocycles. The Kier molecular flexibility index (Phi) is 2.83. The van der Waals surface area contributed by atoms with Crippen LogP contribution in [0.25, 0.3) is 0 Å². The van der Waals surface area contributed by atoms with Crippen molar-refractivity contribution < 1.29 is 0 Å². The third-order valence-corrected chi connectivity index (χ3v) is 3.58. The summed E-state index contributed by atoms with van der Waals surface area (Å²) < 4.78 is 4.78. The van der Waals surface area contributed by atoms with Crippen LogP contribution < -0.4 is 5.73 Å². The fourth-order valence-corrected chi connectivity index (χ4v) is 2.51. The number of nitrogen functional groups attached to an aromatic ring is 1. The van der Waals surface area contributed by atoms with E-state index in [-0.39, 0.29) is 0 Å². The highest BCUT2D eigenvalue weighted by Crippen LogP contribution is 2.30.